The van der Waals surface area contributed by atoms with Gasteiger partial charge in [0.05, 0.1) is 0 Å². The van der Waals surface area contributed by atoms with Crippen LogP contribution in [0.3, 0.4) is 0 Å². The summed E-state index contributed by atoms with van der Waals surface area (Å²) >= 11 is 0. The first-order valence-electron chi connectivity index (χ1n) is 8.23. The number of ketones is 1. The predicted molar refractivity (Wildman–Crippen MR) is 95.2 cm³/mol. The van der Waals surface area contributed by atoms with Crippen molar-refractivity contribution in [3.63, 3.8) is 0 Å². The highest BCUT2D eigenvalue weighted by Gasteiger charge is 2.10. The zero-order chi connectivity index (χ0) is 18.9. The standard InChI is InChI=1S/C19H20FN3O3/c1-13-3-2-4-17(22-13)23-19(26)11-12-21-18(25)10-9-16(24)14-5-7-15(20)8-6-14/h2-8H,9-12H2,1H3,(H,21,25)(H,22,23,26). The third-order valence-electron chi connectivity index (χ3n) is 3.58. The predicted octanol–water partition coefficient (Wildman–Crippen LogP) is 2.64. The number of pyridine rings is 1. The fourth-order valence-corrected chi connectivity index (χ4v) is 2.23. The Bertz CT molecular complexity index is 791. The van der Waals surface area contributed by atoms with E-state index >= 15 is 0 Å². The van der Waals surface area contributed by atoms with Crippen molar-refractivity contribution in [1.82, 2.24) is 10.3 Å². The Morgan fingerprint density at radius 1 is 0.962 bits per heavy atom. The minimum atomic E-state index is -0.418. The van der Waals surface area contributed by atoms with E-state index in [1.165, 1.54) is 24.3 Å². The molecule has 0 saturated heterocycles. The molecule has 0 unspecified atom stereocenters. The molecule has 2 amide bonds. The Hall–Kier alpha value is -3.09. The van der Waals surface area contributed by atoms with E-state index in [9.17, 15) is 18.8 Å². The molecule has 0 atom stereocenters. The molecule has 0 spiro atoms. The van der Waals surface area contributed by atoms with Gasteiger partial charge in [-0.05, 0) is 43.3 Å². The Morgan fingerprint density at radius 2 is 1.69 bits per heavy atom. The van der Waals surface area contributed by atoms with Crippen molar-refractivity contribution in [2.45, 2.75) is 26.2 Å². The van der Waals surface area contributed by atoms with Gasteiger partial charge in [-0.25, -0.2) is 9.37 Å². The average molecular weight is 357 g/mol. The maximum Gasteiger partial charge on any atom is 0.227 e. The first-order valence-corrected chi connectivity index (χ1v) is 8.23. The van der Waals surface area contributed by atoms with Gasteiger partial charge in [0.2, 0.25) is 11.8 Å². The van der Waals surface area contributed by atoms with Gasteiger partial charge >= 0.3 is 0 Å². The molecule has 6 nitrogen and oxygen atoms in total. The van der Waals surface area contributed by atoms with Crippen LogP contribution >= 0.6 is 0 Å². The van der Waals surface area contributed by atoms with E-state index in [1.807, 2.05) is 13.0 Å². The highest BCUT2D eigenvalue weighted by atomic mass is 19.1. The van der Waals surface area contributed by atoms with Crippen LogP contribution in [0.15, 0.2) is 42.5 Å². The van der Waals surface area contributed by atoms with Crippen LogP contribution in [0.1, 0.15) is 35.3 Å². The molecule has 1 aromatic carbocycles. The number of nitrogens with one attached hydrogen (secondary N) is 2. The van der Waals surface area contributed by atoms with E-state index in [4.69, 9.17) is 0 Å². The van der Waals surface area contributed by atoms with Crippen molar-refractivity contribution in [3.05, 3.63) is 59.5 Å². The number of nitrogens with zero attached hydrogens (tertiary/aromatic N) is 1. The Morgan fingerprint density at radius 3 is 2.38 bits per heavy atom. The van der Waals surface area contributed by atoms with Crippen LogP contribution in [0.25, 0.3) is 0 Å². The van der Waals surface area contributed by atoms with Crippen LogP contribution in [0.5, 0.6) is 0 Å². The van der Waals surface area contributed by atoms with Crippen molar-refractivity contribution in [3.8, 4) is 0 Å². The van der Waals surface area contributed by atoms with Crippen LogP contribution in [0.4, 0.5) is 10.2 Å². The number of aryl methyl sites for hydroxylation is 1. The summed E-state index contributed by atoms with van der Waals surface area (Å²) in [6.07, 6.45) is 0.140. The third-order valence-corrected chi connectivity index (χ3v) is 3.58. The average Bonchev–Trinajstić information content (AvgIpc) is 2.60. The quantitative estimate of drug-likeness (QED) is 0.711. The number of carbonyl (C=O) groups excluding carboxylic acids is 3. The van der Waals surface area contributed by atoms with Crippen molar-refractivity contribution >= 4 is 23.4 Å². The lowest BCUT2D eigenvalue weighted by atomic mass is 10.1. The van der Waals surface area contributed by atoms with E-state index in [2.05, 4.69) is 15.6 Å². The summed E-state index contributed by atoms with van der Waals surface area (Å²) in [6, 6.07) is 10.5. The maximum atomic E-state index is 12.8. The number of hydrogen-bond acceptors (Lipinski definition) is 4. The minimum Gasteiger partial charge on any atom is -0.356 e. The van der Waals surface area contributed by atoms with Gasteiger partial charge in [0.25, 0.3) is 0 Å². The van der Waals surface area contributed by atoms with Gasteiger partial charge in [-0.3, -0.25) is 14.4 Å². The Kier molecular flexibility index (Phi) is 6.96. The van der Waals surface area contributed by atoms with Gasteiger partial charge in [0, 0.05) is 37.1 Å². The van der Waals surface area contributed by atoms with Gasteiger partial charge in [-0.15, -0.1) is 0 Å². The van der Waals surface area contributed by atoms with E-state index in [-0.39, 0.29) is 43.4 Å². The lowest BCUT2D eigenvalue weighted by Crippen LogP contribution is -2.28. The lowest BCUT2D eigenvalue weighted by molar-refractivity contribution is -0.121. The first kappa shape index (κ1) is 19.2. The monoisotopic (exact) mass is 357 g/mol. The van der Waals surface area contributed by atoms with Gasteiger partial charge in [0.1, 0.15) is 11.6 Å². The second-order valence-corrected chi connectivity index (χ2v) is 5.74. The Balaban J connectivity index is 1.66. The van der Waals surface area contributed by atoms with Crippen LogP contribution in [-0.4, -0.2) is 29.1 Å². The molecule has 2 N–H and O–H groups in total. The highest BCUT2D eigenvalue weighted by molar-refractivity contribution is 5.98. The lowest BCUT2D eigenvalue weighted by Gasteiger charge is -2.07. The molecule has 0 radical (unpaired) electrons. The summed E-state index contributed by atoms with van der Waals surface area (Å²) in [6.45, 7) is 1.99. The molecule has 1 aromatic heterocycles. The van der Waals surface area contributed by atoms with Crippen LogP contribution in [0, 0.1) is 12.7 Å². The Labute approximate surface area is 150 Å². The molecule has 2 aromatic rings. The number of anilines is 1. The number of rotatable bonds is 8. The summed E-state index contributed by atoms with van der Waals surface area (Å²) in [5, 5.41) is 5.24. The van der Waals surface area contributed by atoms with E-state index in [0.29, 0.717) is 11.4 Å². The topological polar surface area (TPSA) is 88.2 Å². The first-order chi connectivity index (χ1) is 12.4. The maximum absolute atomic E-state index is 12.8. The zero-order valence-electron chi connectivity index (χ0n) is 14.4. The van der Waals surface area contributed by atoms with E-state index < -0.39 is 5.82 Å². The normalized spacial score (nSPS) is 10.2. The number of amides is 2. The van der Waals surface area contributed by atoms with Crippen molar-refractivity contribution in [1.29, 1.82) is 0 Å². The zero-order valence-corrected chi connectivity index (χ0v) is 14.4. The number of aromatic nitrogens is 1. The van der Waals surface area contributed by atoms with E-state index in [1.54, 1.807) is 12.1 Å². The number of halogens is 1. The number of hydrogen-bond donors (Lipinski definition) is 2. The van der Waals surface area contributed by atoms with Gasteiger partial charge in [-0.2, -0.15) is 0 Å². The summed E-state index contributed by atoms with van der Waals surface area (Å²) < 4.78 is 12.8. The minimum absolute atomic E-state index is 0.0112. The molecule has 0 aliphatic rings. The summed E-state index contributed by atoms with van der Waals surface area (Å²) in [5.41, 5.74) is 1.16. The van der Waals surface area contributed by atoms with Crippen LogP contribution in [-0.2, 0) is 9.59 Å². The van der Waals surface area contributed by atoms with Crippen LogP contribution in [0.2, 0.25) is 0 Å². The molecule has 26 heavy (non-hydrogen) atoms. The molecule has 0 fully saturated rings. The van der Waals surface area contributed by atoms with Crippen molar-refractivity contribution in [2.75, 3.05) is 11.9 Å². The smallest absolute Gasteiger partial charge is 0.227 e. The molecule has 0 saturated carbocycles. The highest BCUT2D eigenvalue weighted by Crippen LogP contribution is 2.07. The van der Waals surface area contributed by atoms with Gasteiger partial charge in [0.15, 0.2) is 5.78 Å². The number of benzene rings is 1. The summed E-state index contributed by atoms with van der Waals surface area (Å²) in [5.74, 6) is -0.763. The second kappa shape index (κ2) is 9.41. The molecular weight excluding hydrogens is 337 g/mol. The molecule has 0 aliphatic heterocycles. The summed E-state index contributed by atoms with van der Waals surface area (Å²) in [4.78, 5) is 39.6. The molecule has 1 heterocycles. The second-order valence-electron chi connectivity index (χ2n) is 5.74. The number of carbonyl (C=O) groups is 3. The molecule has 2 rings (SSSR count). The third kappa shape index (κ3) is 6.43. The molecule has 0 aliphatic carbocycles. The molecular formula is C19H20FN3O3. The van der Waals surface area contributed by atoms with Gasteiger partial charge < -0.3 is 10.6 Å². The van der Waals surface area contributed by atoms with Gasteiger partial charge in [-0.1, -0.05) is 6.07 Å². The number of Topliss-reactive ketones (excluding diaryl/α,β-unsaturated/α-hetero) is 1. The largest absolute Gasteiger partial charge is 0.356 e. The van der Waals surface area contributed by atoms with Crippen LogP contribution < -0.4 is 10.6 Å². The molecule has 0 bridgehead atoms. The summed E-state index contributed by atoms with van der Waals surface area (Å²) in [7, 11) is 0. The fraction of sp³-hybridized carbons (Fsp3) is 0.263. The SMILES string of the molecule is Cc1cccc(NC(=O)CCNC(=O)CCC(=O)c2ccc(F)cc2)n1. The van der Waals surface area contributed by atoms with Crippen molar-refractivity contribution < 1.29 is 18.8 Å². The fourth-order valence-electron chi connectivity index (χ4n) is 2.23. The molecule has 136 valence electrons. The van der Waals surface area contributed by atoms with Crippen molar-refractivity contribution in [2.24, 2.45) is 0 Å². The van der Waals surface area contributed by atoms with E-state index in [0.717, 1.165) is 5.69 Å². The molecule has 7 heteroatoms.